The number of nitrogens with zero attached hydrogens (tertiary/aromatic N) is 1. The second kappa shape index (κ2) is 11.6. The topological polar surface area (TPSA) is 78.0 Å². The predicted octanol–water partition coefficient (Wildman–Crippen LogP) is 7.00. The van der Waals surface area contributed by atoms with Crippen LogP contribution in [0.1, 0.15) is 36.1 Å². The number of allylic oxidation sites excluding steroid dienone is 5. The maximum absolute atomic E-state index is 9.74. The van der Waals surface area contributed by atoms with Crippen LogP contribution < -0.4 is 10.7 Å². The quantitative estimate of drug-likeness (QED) is 0.177. The molecule has 2 aromatic carbocycles. The lowest BCUT2D eigenvalue weighted by atomic mass is 9.90. The molecule has 1 atom stereocenters. The first-order chi connectivity index (χ1) is 18.2. The van der Waals surface area contributed by atoms with Crippen molar-refractivity contribution in [2.24, 2.45) is 4.99 Å². The molecule has 0 saturated heterocycles. The summed E-state index contributed by atoms with van der Waals surface area (Å²) < 4.78 is 6.47. The molecule has 3 N–H and O–H groups in total. The predicted molar refractivity (Wildman–Crippen MR) is 158 cm³/mol. The van der Waals surface area contributed by atoms with E-state index in [0.29, 0.717) is 11.1 Å². The van der Waals surface area contributed by atoms with Crippen LogP contribution in [-0.4, -0.2) is 29.5 Å². The van der Waals surface area contributed by atoms with Crippen molar-refractivity contribution >= 4 is 27.9 Å². The molecule has 38 heavy (non-hydrogen) atoms. The van der Waals surface area contributed by atoms with Gasteiger partial charge in [0.25, 0.3) is 0 Å². The minimum absolute atomic E-state index is 0.115. The van der Waals surface area contributed by atoms with E-state index in [1.54, 1.807) is 0 Å². The van der Waals surface area contributed by atoms with Crippen molar-refractivity contribution in [2.45, 2.75) is 40.7 Å². The Bertz CT molecular complexity index is 1570. The van der Waals surface area contributed by atoms with E-state index < -0.39 is 6.10 Å². The summed E-state index contributed by atoms with van der Waals surface area (Å²) >= 11 is 0. The Kier molecular flexibility index (Phi) is 8.30. The number of rotatable bonds is 8. The lowest BCUT2D eigenvalue weighted by Crippen LogP contribution is -2.18. The van der Waals surface area contributed by atoms with Crippen molar-refractivity contribution in [3.63, 3.8) is 0 Å². The van der Waals surface area contributed by atoms with Crippen LogP contribution in [0.15, 0.2) is 88.3 Å². The first kappa shape index (κ1) is 27.1. The van der Waals surface area contributed by atoms with E-state index in [9.17, 15) is 5.11 Å². The summed E-state index contributed by atoms with van der Waals surface area (Å²) in [6, 6.07) is 16.3. The molecule has 0 amide bonds. The lowest BCUT2D eigenvalue weighted by molar-refractivity contribution is 0.101. The van der Waals surface area contributed by atoms with Gasteiger partial charge >= 0.3 is 0 Å². The fraction of sp³-hybridized carbons (Fsp3) is 0.242. The first-order valence-corrected chi connectivity index (χ1v) is 12.9. The number of hydrogen-bond acceptors (Lipinski definition) is 5. The number of aliphatic hydroxyl groups is 2. The summed E-state index contributed by atoms with van der Waals surface area (Å²) in [7, 11) is 0. The van der Waals surface area contributed by atoms with Gasteiger partial charge in [-0.25, -0.2) is 0 Å². The van der Waals surface area contributed by atoms with Crippen molar-refractivity contribution in [2.75, 3.05) is 18.5 Å². The normalized spacial score (nSPS) is 13.6. The van der Waals surface area contributed by atoms with E-state index >= 15 is 0 Å². The van der Waals surface area contributed by atoms with Gasteiger partial charge in [-0.1, -0.05) is 48.1 Å². The smallest absolute Gasteiger partial charge is 0.137 e. The van der Waals surface area contributed by atoms with E-state index in [-0.39, 0.29) is 13.2 Å². The molecule has 1 unspecified atom stereocenters. The third-order valence-electron chi connectivity index (χ3n) is 6.53. The van der Waals surface area contributed by atoms with Crippen LogP contribution in [0.25, 0.3) is 27.9 Å². The second-order valence-electron chi connectivity index (χ2n) is 9.83. The van der Waals surface area contributed by atoms with E-state index in [1.165, 1.54) is 16.7 Å². The molecular formula is C33H36N2O3. The molecule has 4 rings (SSSR count). The molecule has 2 aliphatic rings. The molecular weight excluding hydrogens is 472 g/mol. The number of hydrogen-bond donors (Lipinski definition) is 3. The molecule has 0 spiro atoms. The zero-order valence-electron chi connectivity index (χ0n) is 22.8. The average Bonchev–Trinajstić information content (AvgIpc) is 2.88. The highest BCUT2D eigenvalue weighted by Gasteiger charge is 2.19. The number of aliphatic hydroxyl groups excluding tert-OH is 2. The number of benzene rings is 3. The molecule has 5 nitrogen and oxygen atoms in total. The lowest BCUT2D eigenvalue weighted by Gasteiger charge is -2.19. The van der Waals surface area contributed by atoms with E-state index in [1.807, 2.05) is 50.3 Å². The van der Waals surface area contributed by atoms with Gasteiger partial charge in [-0.3, -0.25) is 4.99 Å². The Hall–Kier alpha value is -3.93. The third kappa shape index (κ3) is 5.80. The maximum atomic E-state index is 9.74. The average molecular weight is 509 g/mol. The van der Waals surface area contributed by atoms with Gasteiger partial charge in [-0.05, 0) is 75.6 Å². The van der Waals surface area contributed by atoms with E-state index in [4.69, 9.17) is 9.52 Å². The van der Waals surface area contributed by atoms with Crippen molar-refractivity contribution in [1.82, 2.24) is 0 Å². The van der Waals surface area contributed by atoms with Gasteiger partial charge in [0.15, 0.2) is 0 Å². The van der Waals surface area contributed by atoms with Gasteiger partial charge in [-0.15, -0.1) is 0 Å². The summed E-state index contributed by atoms with van der Waals surface area (Å²) in [6.45, 7) is 14.4. The van der Waals surface area contributed by atoms with Crippen LogP contribution in [-0.2, 0) is 0 Å². The minimum atomic E-state index is -0.893. The number of anilines is 2. The SMILES string of the molecule is C=C(C)/C(=C\C=C/C)c1c2ccc(=NCC(O)CO)cc-2oc2cc(Nc3c(C)cc(C)cc3C)ccc12. The Morgan fingerprint density at radius 2 is 1.82 bits per heavy atom. The standard InChI is InChI=1S/C33H36N2O3/c1-7-8-9-27(20(2)3)32-28-12-10-24(34-18-26(37)19-36)16-30(28)38-31-17-25(11-13-29(31)32)35-33-22(5)14-21(4)15-23(33)6/h7-17,26,35-37H,2,18-19H2,1,3-6H3/b8-7-,27-9+,34-24?. The number of nitrogens with one attached hydrogen (secondary N) is 1. The number of aryl methyl sites for hydroxylation is 3. The largest absolute Gasteiger partial charge is 0.456 e. The van der Waals surface area contributed by atoms with E-state index in [0.717, 1.165) is 44.6 Å². The molecule has 0 aromatic heterocycles. The molecule has 1 heterocycles. The molecule has 5 heteroatoms. The van der Waals surface area contributed by atoms with Crippen LogP contribution in [0.5, 0.6) is 0 Å². The Morgan fingerprint density at radius 1 is 1.08 bits per heavy atom. The minimum Gasteiger partial charge on any atom is -0.456 e. The fourth-order valence-electron chi connectivity index (χ4n) is 4.77. The summed E-state index contributed by atoms with van der Waals surface area (Å²) in [5, 5.41) is 24.1. The van der Waals surface area contributed by atoms with Gasteiger partial charge in [0, 0.05) is 40.0 Å². The highest BCUT2D eigenvalue weighted by molar-refractivity contribution is 6.02. The molecule has 0 fully saturated rings. The van der Waals surface area contributed by atoms with Crippen LogP contribution in [0.2, 0.25) is 0 Å². The first-order valence-electron chi connectivity index (χ1n) is 12.9. The van der Waals surface area contributed by atoms with Gasteiger partial charge in [0.1, 0.15) is 11.3 Å². The van der Waals surface area contributed by atoms with Crippen LogP contribution in [0.3, 0.4) is 0 Å². The van der Waals surface area contributed by atoms with Gasteiger partial charge in [0.05, 0.1) is 24.6 Å². The molecule has 0 bridgehead atoms. The third-order valence-corrected chi connectivity index (χ3v) is 6.53. The molecule has 0 saturated carbocycles. The van der Waals surface area contributed by atoms with Crippen molar-refractivity contribution in [1.29, 1.82) is 0 Å². The molecule has 1 aliphatic carbocycles. The Morgan fingerprint density at radius 3 is 2.47 bits per heavy atom. The molecule has 1 aliphatic heterocycles. The van der Waals surface area contributed by atoms with Crippen molar-refractivity contribution in [3.8, 4) is 11.3 Å². The van der Waals surface area contributed by atoms with Gasteiger partial charge in [-0.2, -0.15) is 0 Å². The van der Waals surface area contributed by atoms with Crippen molar-refractivity contribution in [3.05, 3.63) is 107 Å². The summed E-state index contributed by atoms with van der Waals surface area (Å²) in [5.41, 5.74) is 10.3. The summed E-state index contributed by atoms with van der Waals surface area (Å²) in [5.74, 6) is 0.680. The summed E-state index contributed by atoms with van der Waals surface area (Å²) in [6.07, 6.45) is 5.21. The fourth-order valence-corrected chi connectivity index (χ4v) is 4.77. The molecule has 196 valence electrons. The second-order valence-corrected chi connectivity index (χ2v) is 9.83. The number of fused-ring (bicyclic) bond motifs is 2. The monoisotopic (exact) mass is 508 g/mol. The van der Waals surface area contributed by atoms with Crippen LogP contribution in [0.4, 0.5) is 11.4 Å². The molecule has 2 aromatic rings. The zero-order valence-corrected chi connectivity index (χ0v) is 22.8. The Balaban J connectivity index is 1.95. The van der Waals surface area contributed by atoms with Crippen molar-refractivity contribution < 1.29 is 14.6 Å². The molecule has 0 radical (unpaired) electrons. The summed E-state index contributed by atoms with van der Waals surface area (Å²) in [4.78, 5) is 4.44. The maximum Gasteiger partial charge on any atom is 0.137 e. The highest BCUT2D eigenvalue weighted by atomic mass is 16.3. The zero-order chi connectivity index (χ0) is 27.4. The Labute approximate surface area is 224 Å². The van der Waals surface area contributed by atoms with E-state index in [2.05, 4.69) is 68.0 Å². The van der Waals surface area contributed by atoms with Gasteiger partial charge in [0.2, 0.25) is 0 Å². The highest BCUT2D eigenvalue weighted by Crippen LogP contribution is 2.40. The van der Waals surface area contributed by atoms with Crippen LogP contribution >= 0.6 is 0 Å². The van der Waals surface area contributed by atoms with Gasteiger partial charge < -0.3 is 19.9 Å². The van der Waals surface area contributed by atoms with Crippen LogP contribution in [0, 0.1) is 20.8 Å².